The van der Waals surface area contributed by atoms with Crippen molar-refractivity contribution in [1.29, 1.82) is 0 Å². The Labute approximate surface area is 148 Å². The summed E-state index contributed by atoms with van der Waals surface area (Å²) in [7, 11) is 0. The van der Waals surface area contributed by atoms with Gasteiger partial charge in [-0.1, -0.05) is 18.2 Å². The highest BCUT2D eigenvalue weighted by molar-refractivity contribution is 7.13. The number of anilines is 1. The molecule has 0 bridgehead atoms. The van der Waals surface area contributed by atoms with Gasteiger partial charge in [-0.25, -0.2) is 9.78 Å². The van der Waals surface area contributed by atoms with Crippen LogP contribution in [0.15, 0.2) is 54.0 Å². The summed E-state index contributed by atoms with van der Waals surface area (Å²) >= 11 is 1.33. The number of rotatable bonds is 5. The minimum absolute atomic E-state index is 0.265. The fraction of sp³-hybridized carbons (Fsp3) is 0.111. The Balaban J connectivity index is 1.80. The lowest BCUT2D eigenvalue weighted by atomic mass is 10.1. The molecule has 3 rings (SSSR count). The van der Waals surface area contributed by atoms with Gasteiger partial charge in [0.05, 0.1) is 23.6 Å². The van der Waals surface area contributed by atoms with Gasteiger partial charge in [0.15, 0.2) is 0 Å². The fourth-order valence-corrected chi connectivity index (χ4v) is 2.93. The van der Waals surface area contributed by atoms with Crippen LogP contribution in [-0.4, -0.2) is 28.5 Å². The quantitative estimate of drug-likeness (QED) is 0.708. The molecule has 0 fully saturated rings. The van der Waals surface area contributed by atoms with Gasteiger partial charge < -0.3 is 10.1 Å². The van der Waals surface area contributed by atoms with Crippen molar-refractivity contribution in [2.24, 2.45) is 0 Å². The molecule has 0 atom stereocenters. The number of nitrogens with zero attached hydrogens (tertiary/aromatic N) is 2. The highest BCUT2D eigenvalue weighted by Gasteiger charge is 2.17. The summed E-state index contributed by atoms with van der Waals surface area (Å²) in [5, 5.41) is 5.03. The number of pyridine rings is 1. The van der Waals surface area contributed by atoms with E-state index in [1.165, 1.54) is 11.3 Å². The molecule has 1 aromatic carbocycles. The first-order valence-electron chi connectivity index (χ1n) is 7.63. The molecule has 0 aliphatic heterocycles. The molecule has 0 aliphatic rings. The number of carbonyl (C=O) groups excluding carboxylic acids is 2. The van der Waals surface area contributed by atoms with Crippen molar-refractivity contribution in [3.05, 3.63) is 65.3 Å². The van der Waals surface area contributed by atoms with Crippen molar-refractivity contribution in [2.45, 2.75) is 6.92 Å². The first-order chi connectivity index (χ1) is 12.2. The Morgan fingerprint density at radius 2 is 1.96 bits per heavy atom. The largest absolute Gasteiger partial charge is 0.462 e. The van der Waals surface area contributed by atoms with E-state index in [0.717, 1.165) is 0 Å². The van der Waals surface area contributed by atoms with E-state index >= 15 is 0 Å². The van der Waals surface area contributed by atoms with Crippen LogP contribution in [0.1, 0.15) is 27.8 Å². The number of ether oxygens (including phenoxy) is 1. The highest BCUT2D eigenvalue weighted by atomic mass is 32.1. The Kier molecular flexibility index (Phi) is 5.15. The van der Waals surface area contributed by atoms with E-state index in [2.05, 4.69) is 15.3 Å². The first-order valence-corrected chi connectivity index (χ1v) is 8.51. The standard InChI is InChI=1S/C18H15N3O3S/c1-2-24-18(23)12-7-3-4-8-13(12)20-16(22)15-11-25-17(21-15)14-9-5-6-10-19-14/h3-11H,2H2,1H3,(H,20,22). The van der Waals surface area contributed by atoms with E-state index in [1.54, 1.807) is 42.8 Å². The predicted molar refractivity (Wildman–Crippen MR) is 95.7 cm³/mol. The molecular weight excluding hydrogens is 338 g/mol. The molecule has 2 heterocycles. The molecule has 0 radical (unpaired) electrons. The van der Waals surface area contributed by atoms with Gasteiger partial charge in [-0.15, -0.1) is 11.3 Å². The van der Waals surface area contributed by atoms with E-state index in [0.29, 0.717) is 22.0 Å². The molecule has 0 spiro atoms. The van der Waals surface area contributed by atoms with E-state index in [9.17, 15) is 9.59 Å². The highest BCUT2D eigenvalue weighted by Crippen LogP contribution is 2.23. The van der Waals surface area contributed by atoms with Crippen LogP contribution in [0.4, 0.5) is 5.69 Å². The SMILES string of the molecule is CCOC(=O)c1ccccc1NC(=O)c1csc(-c2ccccn2)n1. The van der Waals surface area contributed by atoms with Gasteiger partial charge in [0, 0.05) is 11.6 Å². The van der Waals surface area contributed by atoms with E-state index in [4.69, 9.17) is 4.74 Å². The molecular formula is C18H15N3O3S. The molecule has 1 amide bonds. The number of aromatic nitrogens is 2. The van der Waals surface area contributed by atoms with E-state index in [-0.39, 0.29) is 12.3 Å². The Hall–Kier alpha value is -3.06. The minimum atomic E-state index is -0.481. The van der Waals surface area contributed by atoms with Crippen molar-refractivity contribution in [1.82, 2.24) is 9.97 Å². The number of thiazole rings is 1. The van der Waals surface area contributed by atoms with Crippen LogP contribution in [-0.2, 0) is 4.74 Å². The summed E-state index contributed by atoms with van der Waals surface area (Å²) in [6, 6.07) is 12.2. The van der Waals surface area contributed by atoms with Gasteiger partial charge >= 0.3 is 5.97 Å². The van der Waals surface area contributed by atoms with Gasteiger partial charge in [0.1, 0.15) is 10.7 Å². The van der Waals surface area contributed by atoms with Crippen LogP contribution in [0.3, 0.4) is 0 Å². The van der Waals surface area contributed by atoms with Gasteiger partial charge in [0.2, 0.25) is 0 Å². The molecule has 25 heavy (non-hydrogen) atoms. The summed E-state index contributed by atoms with van der Waals surface area (Å²) in [6.07, 6.45) is 1.67. The summed E-state index contributed by atoms with van der Waals surface area (Å²) in [6.45, 7) is 1.99. The second-order valence-corrected chi connectivity index (χ2v) is 5.83. The normalized spacial score (nSPS) is 10.3. The van der Waals surface area contributed by atoms with Crippen LogP contribution in [0.25, 0.3) is 10.7 Å². The van der Waals surface area contributed by atoms with Gasteiger partial charge in [-0.05, 0) is 31.2 Å². The number of esters is 1. The second kappa shape index (κ2) is 7.67. The van der Waals surface area contributed by atoms with Crippen molar-refractivity contribution in [3.63, 3.8) is 0 Å². The Bertz CT molecular complexity index is 893. The molecule has 0 aliphatic carbocycles. The lowest BCUT2D eigenvalue weighted by Crippen LogP contribution is -2.16. The average Bonchev–Trinajstić information content (AvgIpc) is 3.13. The molecule has 0 saturated carbocycles. The lowest BCUT2D eigenvalue weighted by molar-refractivity contribution is 0.0527. The smallest absolute Gasteiger partial charge is 0.340 e. The van der Waals surface area contributed by atoms with Gasteiger partial charge in [0.25, 0.3) is 5.91 Å². The van der Waals surface area contributed by atoms with Crippen LogP contribution >= 0.6 is 11.3 Å². The van der Waals surface area contributed by atoms with Crippen molar-refractivity contribution in [3.8, 4) is 10.7 Å². The molecule has 3 aromatic rings. The maximum absolute atomic E-state index is 12.5. The number of nitrogens with one attached hydrogen (secondary N) is 1. The molecule has 7 heteroatoms. The molecule has 126 valence electrons. The van der Waals surface area contributed by atoms with Gasteiger partial charge in [-0.2, -0.15) is 0 Å². The fourth-order valence-electron chi connectivity index (χ4n) is 2.15. The Morgan fingerprint density at radius 1 is 1.16 bits per heavy atom. The minimum Gasteiger partial charge on any atom is -0.462 e. The molecule has 0 unspecified atom stereocenters. The third-order valence-corrected chi connectivity index (χ3v) is 4.16. The van der Waals surface area contributed by atoms with Crippen molar-refractivity contribution in [2.75, 3.05) is 11.9 Å². The second-order valence-electron chi connectivity index (χ2n) is 4.97. The van der Waals surface area contributed by atoms with Crippen molar-refractivity contribution < 1.29 is 14.3 Å². The number of para-hydroxylation sites is 1. The molecule has 6 nitrogen and oxygen atoms in total. The molecule has 2 aromatic heterocycles. The number of hydrogen-bond donors (Lipinski definition) is 1. The van der Waals surface area contributed by atoms with Crippen LogP contribution in [0.5, 0.6) is 0 Å². The molecule has 0 saturated heterocycles. The predicted octanol–water partition coefficient (Wildman–Crippen LogP) is 3.63. The van der Waals surface area contributed by atoms with Crippen LogP contribution in [0.2, 0.25) is 0 Å². The zero-order valence-electron chi connectivity index (χ0n) is 13.4. The lowest BCUT2D eigenvalue weighted by Gasteiger charge is -2.09. The summed E-state index contributed by atoms with van der Waals surface area (Å²) in [5.41, 5.74) is 1.67. The van der Waals surface area contributed by atoms with Crippen LogP contribution < -0.4 is 5.32 Å². The topological polar surface area (TPSA) is 81.2 Å². The van der Waals surface area contributed by atoms with Crippen LogP contribution in [0, 0.1) is 0 Å². The third-order valence-electron chi connectivity index (χ3n) is 3.29. The number of carbonyl (C=O) groups is 2. The monoisotopic (exact) mass is 353 g/mol. The summed E-state index contributed by atoms with van der Waals surface area (Å²) < 4.78 is 5.01. The Morgan fingerprint density at radius 3 is 2.72 bits per heavy atom. The number of amides is 1. The van der Waals surface area contributed by atoms with E-state index in [1.807, 2.05) is 18.2 Å². The average molecular weight is 353 g/mol. The van der Waals surface area contributed by atoms with Crippen molar-refractivity contribution >= 4 is 28.9 Å². The third kappa shape index (κ3) is 3.89. The number of hydrogen-bond acceptors (Lipinski definition) is 6. The summed E-state index contributed by atoms with van der Waals surface area (Å²) in [5.74, 6) is -0.874. The zero-order valence-corrected chi connectivity index (χ0v) is 14.2. The maximum atomic E-state index is 12.5. The maximum Gasteiger partial charge on any atom is 0.340 e. The van der Waals surface area contributed by atoms with E-state index < -0.39 is 11.9 Å². The zero-order chi connectivity index (χ0) is 17.6. The number of benzene rings is 1. The van der Waals surface area contributed by atoms with Gasteiger partial charge in [-0.3, -0.25) is 9.78 Å². The molecule has 1 N–H and O–H groups in total. The summed E-state index contributed by atoms with van der Waals surface area (Å²) in [4.78, 5) is 33.0. The first kappa shape index (κ1) is 16.8.